The topological polar surface area (TPSA) is 135 Å². The van der Waals surface area contributed by atoms with Crippen LogP contribution in [0.3, 0.4) is 0 Å². The molecule has 8 nitrogen and oxygen atoms in total. The van der Waals surface area contributed by atoms with E-state index in [-0.39, 0.29) is 36.0 Å². The Hall–Kier alpha value is -2.66. The molecule has 0 spiro atoms. The number of aryl methyl sites for hydroxylation is 2. The van der Waals surface area contributed by atoms with E-state index in [4.69, 9.17) is 15.6 Å². The van der Waals surface area contributed by atoms with Crippen molar-refractivity contribution in [1.82, 2.24) is 9.97 Å². The first-order valence-corrected chi connectivity index (χ1v) is 12.9. The number of hydrogen-bond acceptors (Lipinski definition) is 8. The average molecular weight is 495 g/mol. The Balaban J connectivity index is -0.000000481. The molecule has 0 amide bonds. The van der Waals surface area contributed by atoms with Crippen LogP contribution in [0.1, 0.15) is 61.7 Å². The van der Waals surface area contributed by atoms with Crippen LogP contribution in [0.5, 0.6) is 0 Å². The number of pyridine rings is 2. The molecule has 2 aromatic heterocycles. The lowest BCUT2D eigenvalue weighted by atomic mass is 10.2. The molecular weight excluding hydrogens is 456 g/mol. The van der Waals surface area contributed by atoms with E-state index in [2.05, 4.69) is 25.6 Å². The zero-order valence-corrected chi connectivity index (χ0v) is 20.6. The van der Waals surface area contributed by atoms with Crippen molar-refractivity contribution in [2.75, 3.05) is 19.6 Å². The number of nitrogens with zero attached hydrogens (tertiary/aromatic N) is 6. The monoisotopic (exact) mass is 494 g/mol. The van der Waals surface area contributed by atoms with Gasteiger partial charge in [0.05, 0.1) is 15.0 Å². The van der Waals surface area contributed by atoms with Gasteiger partial charge in [-0.15, -0.1) is 4.36 Å². The molecule has 0 saturated carbocycles. The molecule has 1 N–H and O–H groups in total. The van der Waals surface area contributed by atoms with E-state index in [1.807, 2.05) is 56.8 Å². The van der Waals surface area contributed by atoms with Crippen LogP contribution in [0, 0.1) is 36.8 Å². The number of hydrogen-bond donors (Lipinski definition) is 1. The van der Waals surface area contributed by atoms with Gasteiger partial charge in [-0.05, 0) is 57.2 Å². The Morgan fingerprint density at radius 1 is 0.970 bits per heavy atom. The first-order valence-electron chi connectivity index (χ1n) is 9.26. The Labute approximate surface area is 203 Å². The van der Waals surface area contributed by atoms with Crippen LogP contribution in [0.15, 0.2) is 45.4 Å². The molecule has 2 heterocycles. The van der Waals surface area contributed by atoms with Gasteiger partial charge in [0, 0.05) is 42.4 Å². The van der Waals surface area contributed by atoms with Gasteiger partial charge in [-0.25, -0.2) is 4.21 Å². The van der Waals surface area contributed by atoms with E-state index >= 15 is 0 Å². The Bertz CT molecular complexity index is 1050. The van der Waals surface area contributed by atoms with E-state index in [9.17, 15) is 4.21 Å². The molecule has 0 aromatic carbocycles. The SMILES string of the molecule is C.C.CO.Cc1ccc(C(C)S(C)(=O)=NC#N)cn1.Cc1ccc(C(C)S(C)=NC#N)cn1. The molecule has 33 heavy (non-hydrogen) atoms. The van der Waals surface area contributed by atoms with Gasteiger partial charge < -0.3 is 5.11 Å². The van der Waals surface area contributed by atoms with Crippen LogP contribution in [0.25, 0.3) is 0 Å². The molecule has 0 radical (unpaired) electrons. The maximum atomic E-state index is 12.0. The minimum Gasteiger partial charge on any atom is -0.400 e. The summed E-state index contributed by atoms with van der Waals surface area (Å²) >= 11 is 0. The number of aliphatic hydroxyl groups excluding tert-OH is 1. The maximum absolute atomic E-state index is 12.0. The minimum absolute atomic E-state index is 0. The minimum atomic E-state index is -2.50. The van der Waals surface area contributed by atoms with Gasteiger partial charge in [0.15, 0.2) is 0 Å². The molecule has 2 aromatic rings. The number of nitriles is 2. The molecule has 4 unspecified atom stereocenters. The summed E-state index contributed by atoms with van der Waals surface area (Å²) in [6.07, 6.45) is 10.4. The fourth-order valence-electron chi connectivity index (χ4n) is 2.19. The van der Waals surface area contributed by atoms with Crippen LogP contribution in [0.2, 0.25) is 0 Å². The molecular formula is C23H38N6O2S2. The lowest BCUT2D eigenvalue weighted by Crippen LogP contribution is -2.07. The van der Waals surface area contributed by atoms with Crippen LogP contribution in [-0.4, -0.2) is 38.9 Å². The summed E-state index contributed by atoms with van der Waals surface area (Å²) in [5.41, 5.74) is 3.90. The van der Waals surface area contributed by atoms with Crippen LogP contribution in [-0.2, 0) is 20.4 Å². The summed E-state index contributed by atoms with van der Waals surface area (Å²) in [5, 5.41) is 23.9. The first-order chi connectivity index (χ1) is 14.6. The van der Waals surface area contributed by atoms with E-state index in [0.29, 0.717) is 0 Å². The third kappa shape index (κ3) is 12.2. The third-order valence-corrected chi connectivity index (χ3v) is 8.08. The fraction of sp³-hybridized carbons (Fsp3) is 0.478. The molecule has 10 heteroatoms. The van der Waals surface area contributed by atoms with Gasteiger partial charge >= 0.3 is 0 Å². The molecule has 0 saturated heterocycles. The van der Waals surface area contributed by atoms with Crippen molar-refractivity contribution in [3.63, 3.8) is 0 Å². The highest BCUT2D eigenvalue weighted by atomic mass is 32.2. The number of aliphatic hydroxyl groups is 1. The molecule has 4 atom stereocenters. The van der Waals surface area contributed by atoms with Crippen LogP contribution >= 0.6 is 0 Å². The van der Waals surface area contributed by atoms with Gasteiger partial charge in [0.25, 0.3) is 0 Å². The second-order valence-electron chi connectivity index (χ2n) is 6.52. The van der Waals surface area contributed by atoms with Crippen LogP contribution < -0.4 is 0 Å². The molecule has 0 aliphatic rings. The molecule has 0 aliphatic carbocycles. The van der Waals surface area contributed by atoms with E-state index in [1.54, 1.807) is 19.3 Å². The Kier molecular flexibility index (Phi) is 18.9. The second kappa shape index (κ2) is 17.8. The summed E-state index contributed by atoms with van der Waals surface area (Å²) < 4.78 is 19.2. The highest BCUT2D eigenvalue weighted by molar-refractivity contribution is 7.93. The Morgan fingerprint density at radius 3 is 1.79 bits per heavy atom. The maximum Gasteiger partial charge on any atom is 0.214 e. The zero-order valence-electron chi connectivity index (χ0n) is 19.0. The average Bonchev–Trinajstić information content (AvgIpc) is 2.76. The summed E-state index contributed by atoms with van der Waals surface area (Å²) in [6.45, 7) is 7.70. The molecule has 0 bridgehead atoms. The van der Waals surface area contributed by atoms with Gasteiger partial charge in [0.1, 0.15) is 0 Å². The highest BCUT2D eigenvalue weighted by Crippen LogP contribution is 2.22. The predicted octanol–water partition coefficient (Wildman–Crippen LogP) is 5.27. The summed E-state index contributed by atoms with van der Waals surface area (Å²) in [4.78, 5) is 8.35. The highest BCUT2D eigenvalue weighted by Gasteiger charge is 2.16. The van der Waals surface area contributed by atoms with Gasteiger partial charge in [-0.3, -0.25) is 9.97 Å². The predicted molar refractivity (Wildman–Crippen MR) is 140 cm³/mol. The third-order valence-electron chi connectivity index (χ3n) is 4.38. The van der Waals surface area contributed by atoms with E-state index < -0.39 is 9.73 Å². The summed E-state index contributed by atoms with van der Waals surface area (Å²) in [5.74, 6) is 0. The van der Waals surface area contributed by atoms with Gasteiger partial charge in [-0.1, -0.05) is 37.7 Å². The smallest absolute Gasteiger partial charge is 0.214 e. The molecule has 2 rings (SSSR count). The molecule has 184 valence electrons. The Morgan fingerprint density at radius 2 is 1.42 bits per heavy atom. The van der Waals surface area contributed by atoms with Crippen molar-refractivity contribution >= 4 is 20.4 Å². The number of aromatic nitrogens is 2. The largest absolute Gasteiger partial charge is 0.400 e. The lowest BCUT2D eigenvalue weighted by Gasteiger charge is -2.12. The van der Waals surface area contributed by atoms with Crippen molar-refractivity contribution < 1.29 is 9.32 Å². The molecule has 0 aliphatic heterocycles. The van der Waals surface area contributed by atoms with Crippen molar-refractivity contribution in [2.24, 2.45) is 8.73 Å². The molecule has 0 fully saturated rings. The normalized spacial score (nSPS) is 13.8. The fourth-order valence-corrected chi connectivity index (χ4v) is 3.98. The number of rotatable bonds is 4. The van der Waals surface area contributed by atoms with E-state index in [1.165, 1.54) is 6.26 Å². The summed E-state index contributed by atoms with van der Waals surface area (Å²) in [7, 11) is -1.75. The zero-order chi connectivity index (χ0) is 24.0. The van der Waals surface area contributed by atoms with Gasteiger partial charge in [0.2, 0.25) is 12.4 Å². The van der Waals surface area contributed by atoms with Crippen molar-refractivity contribution in [2.45, 2.75) is 53.0 Å². The van der Waals surface area contributed by atoms with Crippen molar-refractivity contribution in [3.8, 4) is 12.4 Å². The van der Waals surface area contributed by atoms with Crippen LogP contribution in [0.4, 0.5) is 0 Å². The second-order valence-corrected chi connectivity index (χ2v) is 11.1. The van der Waals surface area contributed by atoms with Gasteiger partial charge in [-0.2, -0.15) is 14.9 Å². The quantitative estimate of drug-likeness (QED) is 0.575. The standard InChI is InChI=1S/C10H13N3OS.C10H13N3S.CH4O.2CH4/c1-8-4-5-10(6-12-8)9(2)15(3,14)13-7-11;1-8-4-5-10(6-12-8)9(2)14(3)13-7-11;1-2;;/h4-6,9H,1-3H3;4-6,9H,1-3H3;2H,1H3;2*1H4. The van der Waals surface area contributed by atoms with Crippen molar-refractivity contribution in [3.05, 3.63) is 59.2 Å². The summed E-state index contributed by atoms with van der Waals surface area (Å²) in [6, 6.07) is 7.75. The lowest BCUT2D eigenvalue weighted by molar-refractivity contribution is 0.399. The first kappa shape index (κ1) is 34.9. The van der Waals surface area contributed by atoms with E-state index in [0.717, 1.165) is 29.6 Å². The van der Waals surface area contributed by atoms with Crippen molar-refractivity contribution in [1.29, 1.82) is 10.5 Å².